The maximum Gasteiger partial charge on any atom is 0.162 e. The van der Waals surface area contributed by atoms with Crippen molar-refractivity contribution in [2.24, 2.45) is 5.92 Å². The first-order valence-corrected chi connectivity index (χ1v) is 28.3. The first-order valence-electron chi connectivity index (χ1n) is 28.3. The van der Waals surface area contributed by atoms with Crippen LogP contribution in [0.2, 0.25) is 0 Å². The molecule has 15 aromatic rings. The molecule has 5 nitrogen and oxygen atoms in total. The molecular formula is C77H50N4O. The smallest absolute Gasteiger partial charge is 0.162 e. The van der Waals surface area contributed by atoms with E-state index in [4.69, 9.17) is 14.4 Å². The van der Waals surface area contributed by atoms with Crippen molar-refractivity contribution in [1.29, 1.82) is 0 Å². The van der Waals surface area contributed by atoms with Crippen LogP contribution in [-0.2, 0) is 0 Å². The lowest BCUT2D eigenvalue weighted by Gasteiger charge is -2.22. The summed E-state index contributed by atoms with van der Waals surface area (Å²) in [7, 11) is 0. The van der Waals surface area contributed by atoms with Gasteiger partial charge in [0.1, 0.15) is 17.0 Å². The molecule has 82 heavy (non-hydrogen) atoms. The quantitative estimate of drug-likeness (QED) is 0.152. The fourth-order valence-corrected chi connectivity index (χ4v) is 13.7. The van der Waals surface area contributed by atoms with Gasteiger partial charge in [0.2, 0.25) is 0 Å². The van der Waals surface area contributed by atoms with Gasteiger partial charge in [-0.1, -0.05) is 194 Å². The van der Waals surface area contributed by atoms with Crippen LogP contribution in [0.25, 0.3) is 139 Å². The Balaban J connectivity index is 0.791. The first kappa shape index (κ1) is 46.3. The van der Waals surface area contributed by atoms with Gasteiger partial charge in [-0.15, -0.1) is 0 Å². The summed E-state index contributed by atoms with van der Waals surface area (Å²) in [6, 6.07) is 94.5. The molecule has 0 saturated heterocycles. The third kappa shape index (κ3) is 7.33. The van der Waals surface area contributed by atoms with Gasteiger partial charge in [0, 0.05) is 61.1 Å². The number of rotatable bonds is 8. The molecule has 2 aliphatic rings. The highest BCUT2D eigenvalue weighted by atomic mass is 16.3. The van der Waals surface area contributed by atoms with Crippen molar-refractivity contribution in [3.8, 4) is 67.5 Å². The maximum atomic E-state index is 6.72. The highest BCUT2D eigenvalue weighted by Gasteiger charge is 2.37. The summed E-state index contributed by atoms with van der Waals surface area (Å²) >= 11 is 0. The van der Waals surface area contributed by atoms with Gasteiger partial charge < -0.3 is 8.98 Å². The lowest BCUT2D eigenvalue weighted by molar-refractivity contribution is 0.616. The molecular weight excluding hydrogens is 997 g/mol. The number of para-hydroxylation sites is 2. The molecule has 4 aromatic heterocycles. The molecule has 0 spiro atoms. The number of hydrogen-bond donors (Lipinski definition) is 0. The van der Waals surface area contributed by atoms with Gasteiger partial charge in [-0.2, -0.15) is 0 Å². The van der Waals surface area contributed by atoms with Crippen LogP contribution in [-0.4, -0.2) is 19.1 Å². The van der Waals surface area contributed by atoms with E-state index in [0.717, 1.165) is 101 Å². The van der Waals surface area contributed by atoms with Crippen LogP contribution in [0.4, 0.5) is 0 Å². The van der Waals surface area contributed by atoms with Gasteiger partial charge in [0.05, 0.1) is 27.8 Å². The molecule has 0 radical (unpaired) electrons. The Hall–Kier alpha value is -10.6. The number of furan rings is 1. The Morgan fingerprint density at radius 1 is 0.390 bits per heavy atom. The number of allylic oxidation sites excluding steroid dienone is 4. The highest BCUT2D eigenvalue weighted by molar-refractivity contribution is 6.17. The fraction of sp³-hybridized carbons (Fsp3) is 0.0390. The fourth-order valence-electron chi connectivity index (χ4n) is 13.7. The van der Waals surface area contributed by atoms with Crippen molar-refractivity contribution in [1.82, 2.24) is 19.1 Å². The normalized spacial score (nSPS) is 14.8. The van der Waals surface area contributed by atoms with Crippen LogP contribution in [0.15, 0.2) is 283 Å². The second kappa shape index (κ2) is 18.5. The minimum atomic E-state index is 0.347. The molecule has 2 unspecified atom stereocenters. The Labute approximate surface area is 473 Å². The van der Waals surface area contributed by atoms with Gasteiger partial charge in [-0.25, -0.2) is 9.97 Å². The van der Waals surface area contributed by atoms with Crippen molar-refractivity contribution in [2.75, 3.05) is 0 Å². The minimum absolute atomic E-state index is 0.347. The Kier molecular flexibility index (Phi) is 10.4. The van der Waals surface area contributed by atoms with Gasteiger partial charge >= 0.3 is 0 Å². The molecule has 5 heteroatoms. The number of benzene rings is 11. The van der Waals surface area contributed by atoms with Crippen LogP contribution in [0.1, 0.15) is 29.0 Å². The van der Waals surface area contributed by atoms with Crippen molar-refractivity contribution in [3.63, 3.8) is 0 Å². The summed E-state index contributed by atoms with van der Waals surface area (Å²) in [5, 5.41) is 6.92. The van der Waals surface area contributed by atoms with E-state index in [0.29, 0.717) is 17.7 Å². The van der Waals surface area contributed by atoms with Crippen molar-refractivity contribution in [2.45, 2.75) is 12.3 Å². The molecule has 0 aliphatic heterocycles. The molecule has 11 aromatic carbocycles. The SMILES string of the molecule is C1=CCC2C(=C1)c1cc(-c3ccc4c(c3)c3cc(-c5cccc6oc7ccc(-c8ccc9c(c8)c8ccccc8n9-c8cc(-c9ccccc9)nc(-c9ccccc9)n8)cc7c56)ccc3n4-c3ccccc3)ccc1C2c1ccccc1. The van der Waals surface area contributed by atoms with E-state index in [1.54, 1.807) is 0 Å². The van der Waals surface area contributed by atoms with Crippen LogP contribution in [0, 0.1) is 5.92 Å². The van der Waals surface area contributed by atoms with Crippen molar-refractivity contribution >= 4 is 71.1 Å². The summed E-state index contributed by atoms with van der Waals surface area (Å²) in [6.45, 7) is 0. The second-order valence-electron chi connectivity index (χ2n) is 22.0. The zero-order valence-electron chi connectivity index (χ0n) is 44.6. The van der Waals surface area contributed by atoms with E-state index < -0.39 is 0 Å². The van der Waals surface area contributed by atoms with Crippen LogP contribution in [0.3, 0.4) is 0 Å². The molecule has 4 heterocycles. The van der Waals surface area contributed by atoms with E-state index >= 15 is 0 Å². The molecule has 0 bridgehead atoms. The van der Waals surface area contributed by atoms with Crippen molar-refractivity contribution < 1.29 is 4.42 Å². The first-order chi connectivity index (χ1) is 40.6. The van der Waals surface area contributed by atoms with E-state index in [1.807, 2.05) is 24.3 Å². The van der Waals surface area contributed by atoms with E-state index in [1.165, 1.54) is 55.2 Å². The summed E-state index contributed by atoms with van der Waals surface area (Å²) in [5.41, 5.74) is 22.8. The Morgan fingerprint density at radius 3 is 1.73 bits per heavy atom. The molecule has 384 valence electrons. The van der Waals surface area contributed by atoms with E-state index in [2.05, 4.69) is 264 Å². The average molecular weight is 1050 g/mol. The molecule has 2 atom stereocenters. The Bertz CT molecular complexity index is 5070. The number of fused-ring (bicyclic) bond motifs is 12. The molecule has 0 N–H and O–H groups in total. The van der Waals surface area contributed by atoms with E-state index in [9.17, 15) is 0 Å². The third-order valence-corrected chi connectivity index (χ3v) is 17.4. The average Bonchev–Trinajstić information content (AvgIpc) is 3.86. The molecule has 0 fully saturated rings. The zero-order valence-corrected chi connectivity index (χ0v) is 44.6. The summed E-state index contributed by atoms with van der Waals surface area (Å²) < 4.78 is 11.4. The molecule has 0 saturated carbocycles. The molecule has 0 amide bonds. The van der Waals surface area contributed by atoms with Crippen LogP contribution < -0.4 is 0 Å². The standard InChI is InChI=1S/C77H50N4O/c1-5-18-48(19-6-1)67-47-74(79-77(78-67)50-22-9-3-10-23-50)81-68-30-16-15-27-59(68)63-43-52(34-39-71(63)81)54-36-41-72-66(45-54)76-57(29-17-31-73(76)82-72)55-35-40-70-65(46-55)64-44-53(33-38-69(64)80(70)56-24-11-4-12-25-56)51-32-37-61-62(42-51)58-26-13-14-28-60(58)75(61)49-20-7-2-8-21-49/h1-27,29-47,60,75H,28H2. The lowest BCUT2D eigenvalue weighted by Crippen LogP contribution is -2.09. The lowest BCUT2D eigenvalue weighted by atomic mass is 9.81. The topological polar surface area (TPSA) is 48.8 Å². The summed E-state index contributed by atoms with van der Waals surface area (Å²) in [6.07, 6.45) is 7.99. The predicted octanol–water partition coefficient (Wildman–Crippen LogP) is 20.0. The highest BCUT2D eigenvalue weighted by Crippen LogP contribution is 2.53. The second-order valence-corrected chi connectivity index (χ2v) is 22.0. The maximum absolute atomic E-state index is 6.72. The van der Waals surface area contributed by atoms with Crippen LogP contribution in [0.5, 0.6) is 0 Å². The number of aromatic nitrogens is 4. The summed E-state index contributed by atoms with van der Waals surface area (Å²) in [5.74, 6) is 2.29. The predicted molar refractivity (Wildman–Crippen MR) is 339 cm³/mol. The number of nitrogens with zero attached hydrogens (tertiary/aromatic N) is 4. The van der Waals surface area contributed by atoms with Crippen molar-refractivity contribution in [3.05, 3.63) is 296 Å². The largest absolute Gasteiger partial charge is 0.456 e. The van der Waals surface area contributed by atoms with Gasteiger partial charge in [0.15, 0.2) is 5.82 Å². The minimum Gasteiger partial charge on any atom is -0.456 e. The molecule has 17 rings (SSSR count). The summed E-state index contributed by atoms with van der Waals surface area (Å²) in [4.78, 5) is 10.4. The van der Waals surface area contributed by atoms with Gasteiger partial charge in [-0.3, -0.25) is 4.57 Å². The third-order valence-electron chi connectivity index (χ3n) is 17.4. The van der Waals surface area contributed by atoms with Gasteiger partial charge in [-0.05, 0) is 147 Å². The van der Waals surface area contributed by atoms with Gasteiger partial charge in [0.25, 0.3) is 0 Å². The van der Waals surface area contributed by atoms with Crippen LogP contribution >= 0.6 is 0 Å². The number of hydrogen-bond acceptors (Lipinski definition) is 3. The monoisotopic (exact) mass is 1050 g/mol. The van der Waals surface area contributed by atoms with E-state index in [-0.39, 0.29) is 0 Å². The Morgan fingerprint density at radius 2 is 0.976 bits per heavy atom. The zero-order chi connectivity index (χ0) is 53.8. The molecule has 2 aliphatic carbocycles.